The molecule has 0 heterocycles. The molecule has 2 aromatic carbocycles. The smallest absolute Gasteiger partial charge is 0.417 e. The standard InChI is InChI=1S/C19H21ClF3N3O2/c1-25(13-3-6-15(28-2)7-4-13)18(27)12-26(10-9-24)14-5-8-17(20)16(11-14)19(21,22)23/h3-8,11H,9-10,12,24H2,1-2H3. The number of benzene rings is 2. The van der Waals surface area contributed by atoms with Crippen LogP contribution in [-0.2, 0) is 11.0 Å². The molecule has 2 rings (SSSR count). The summed E-state index contributed by atoms with van der Waals surface area (Å²) in [6.45, 7) is 0.239. The van der Waals surface area contributed by atoms with E-state index in [0.717, 1.165) is 6.07 Å². The minimum absolute atomic E-state index is 0.140. The molecule has 0 aliphatic rings. The van der Waals surface area contributed by atoms with E-state index in [9.17, 15) is 18.0 Å². The molecule has 0 radical (unpaired) electrons. The summed E-state index contributed by atoms with van der Waals surface area (Å²) in [4.78, 5) is 15.6. The molecule has 0 fully saturated rings. The predicted octanol–water partition coefficient (Wildman–Crippen LogP) is 3.80. The first kappa shape index (κ1) is 21.8. The van der Waals surface area contributed by atoms with Crippen LogP contribution in [-0.4, -0.2) is 39.7 Å². The molecule has 28 heavy (non-hydrogen) atoms. The van der Waals surface area contributed by atoms with E-state index >= 15 is 0 Å². The largest absolute Gasteiger partial charge is 0.497 e. The van der Waals surface area contributed by atoms with Gasteiger partial charge in [-0.2, -0.15) is 13.2 Å². The number of alkyl halides is 3. The molecular weight excluding hydrogens is 395 g/mol. The van der Waals surface area contributed by atoms with Crippen molar-refractivity contribution in [2.45, 2.75) is 6.18 Å². The topological polar surface area (TPSA) is 58.8 Å². The summed E-state index contributed by atoms with van der Waals surface area (Å²) < 4.78 is 44.5. The number of amides is 1. The summed E-state index contributed by atoms with van der Waals surface area (Å²) in [6.07, 6.45) is -4.59. The number of carbonyl (C=O) groups is 1. The summed E-state index contributed by atoms with van der Waals surface area (Å²) in [5, 5.41) is -0.398. The Morgan fingerprint density at radius 3 is 2.29 bits per heavy atom. The van der Waals surface area contributed by atoms with Crippen molar-refractivity contribution in [1.29, 1.82) is 0 Å². The van der Waals surface area contributed by atoms with Crippen molar-refractivity contribution < 1.29 is 22.7 Å². The number of carbonyl (C=O) groups excluding carboxylic acids is 1. The van der Waals surface area contributed by atoms with Gasteiger partial charge in [-0.3, -0.25) is 4.79 Å². The lowest BCUT2D eigenvalue weighted by atomic mass is 10.1. The fourth-order valence-electron chi connectivity index (χ4n) is 2.60. The number of nitrogens with zero attached hydrogens (tertiary/aromatic N) is 2. The Balaban J connectivity index is 2.23. The van der Waals surface area contributed by atoms with Gasteiger partial charge in [-0.1, -0.05) is 11.6 Å². The number of halogens is 4. The van der Waals surface area contributed by atoms with Crippen molar-refractivity contribution >= 4 is 28.9 Å². The second-order valence-electron chi connectivity index (χ2n) is 6.02. The van der Waals surface area contributed by atoms with Gasteiger partial charge in [-0.05, 0) is 42.5 Å². The lowest BCUT2D eigenvalue weighted by Gasteiger charge is -2.27. The number of rotatable bonds is 7. The molecule has 0 spiro atoms. The third-order valence-electron chi connectivity index (χ3n) is 4.18. The van der Waals surface area contributed by atoms with Crippen molar-refractivity contribution in [1.82, 2.24) is 0 Å². The normalized spacial score (nSPS) is 11.2. The van der Waals surface area contributed by atoms with E-state index < -0.39 is 16.8 Å². The zero-order chi connectivity index (χ0) is 20.9. The maximum absolute atomic E-state index is 13.1. The average molecular weight is 416 g/mol. The third-order valence-corrected chi connectivity index (χ3v) is 4.51. The van der Waals surface area contributed by atoms with E-state index in [4.69, 9.17) is 22.1 Å². The van der Waals surface area contributed by atoms with Crippen molar-refractivity contribution in [2.24, 2.45) is 5.73 Å². The molecule has 2 aromatic rings. The van der Waals surface area contributed by atoms with E-state index in [-0.39, 0.29) is 31.2 Å². The summed E-state index contributed by atoms with van der Waals surface area (Å²) in [5.74, 6) is 0.345. The van der Waals surface area contributed by atoms with Crippen LogP contribution in [0.3, 0.4) is 0 Å². The Bertz CT molecular complexity index is 813. The first-order chi connectivity index (χ1) is 13.2. The molecule has 0 aromatic heterocycles. The quantitative estimate of drug-likeness (QED) is 0.747. The molecule has 0 atom stereocenters. The molecular formula is C19H21ClF3N3O2. The Labute approximate surface area is 166 Å². The molecule has 0 saturated carbocycles. The maximum atomic E-state index is 13.1. The first-order valence-corrected chi connectivity index (χ1v) is 8.77. The van der Waals surface area contributed by atoms with E-state index in [1.165, 1.54) is 29.0 Å². The van der Waals surface area contributed by atoms with Crippen LogP contribution in [0.25, 0.3) is 0 Å². The number of anilines is 2. The highest BCUT2D eigenvalue weighted by Crippen LogP contribution is 2.37. The van der Waals surface area contributed by atoms with Gasteiger partial charge in [0.1, 0.15) is 5.75 Å². The second-order valence-corrected chi connectivity index (χ2v) is 6.43. The van der Waals surface area contributed by atoms with Crippen LogP contribution < -0.4 is 20.3 Å². The zero-order valence-corrected chi connectivity index (χ0v) is 16.2. The molecule has 0 saturated heterocycles. The van der Waals surface area contributed by atoms with Crippen molar-refractivity contribution in [3.8, 4) is 5.75 Å². The number of nitrogens with two attached hydrogens (primary N) is 1. The summed E-state index contributed by atoms with van der Waals surface area (Å²) in [7, 11) is 3.13. The van der Waals surface area contributed by atoms with Gasteiger partial charge in [-0.25, -0.2) is 0 Å². The molecule has 152 valence electrons. The van der Waals surface area contributed by atoms with Gasteiger partial charge in [0.15, 0.2) is 0 Å². The second kappa shape index (κ2) is 9.16. The summed E-state index contributed by atoms with van der Waals surface area (Å²) in [6, 6.07) is 10.4. The van der Waals surface area contributed by atoms with Crippen LogP contribution in [0.4, 0.5) is 24.5 Å². The van der Waals surface area contributed by atoms with Crippen molar-refractivity contribution in [3.63, 3.8) is 0 Å². The van der Waals surface area contributed by atoms with Crippen LogP contribution in [0.5, 0.6) is 5.75 Å². The van der Waals surface area contributed by atoms with E-state index in [0.29, 0.717) is 11.4 Å². The summed E-state index contributed by atoms with van der Waals surface area (Å²) >= 11 is 5.67. The highest BCUT2D eigenvalue weighted by atomic mass is 35.5. The van der Waals surface area contributed by atoms with Crippen LogP contribution in [0, 0.1) is 0 Å². The van der Waals surface area contributed by atoms with Crippen molar-refractivity contribution in [3.05, 3.63) is 53.1 Å². The van der Waals surface area contributed by atoms with Gasteiger partial charge >= 0.3 is 6.18 Å². The molecule has 0 bridgehead atoms. The van der Waals surface area contributed by atoms with Crippen LogP contribution in [0.15, 0.2) is 42.5 Å². The molecule has 0 aliphatic heterocycles. The van der Waals surface area contributed by atoms with Gasteiger partial charge in [0.05, 0.1) is 24.2 Å². The fourth-order valence-corrected chi connectivity index (χ4v) is 2.83. The minimum Gasteiger partial charge on any atom is -0.497 e. The van der Waals surface area contributed by atoms with E-state index in [1.807, 2.05) is 0 Å². The van der Waals surface area contributed by atoms with Gasteiger partial charge in [0.2, 0.25) is 5.91 Å². The number of hydrogen-bond donors (Lipinski definition) is 1. The van der Waals surface area contributed by atoms with Gasteiger partial charge < -0.3 is 20.3 Å². The highest BCUT2D eigenvalue weighted by Gasteiger charge is 2.34. The number of ether oxygens (including phenoxy) is 1. The highest BCUT2D eigenvalue weighted by molar-refractivity contribution is 6.31. The monoisotopic (exact) mass is 415 g/mol. The Kier molecular flexibility index (Phi) is 7.15. The van der Waals surface area contributed by atoms with Crippen molar-refractivity contribution in [2.75, 3.05) is 43.6 Å². The van der Waals surface area contributed by atoms with E-state index in [2.05, 4.69) is 0 Å². The Morgan fingerprint density at radius 2 is 1.75 bits per heavy atom. The molecule has 0 aliphatic carbocycles. The minimum atomic E-state index is -4.59. The number of methoxy groups -OCH3 is 1. The SMILES string of the molecule is COc1ccc(N(C)C(=O)CN(CCN)c2ccc(Cl)c(C(F)(F)F)c2)cc1. The molecule has 9 heteroatoms. The van der Waals surface area contributed by atoms with Gasteiger partial charge in [0.25, 0.3) is 0 Å². The van der Waals surface area contributed by atoms with Gasteiger partial charge in [0, 0.05) is 31.5 Å². The fraction of sp³-hybridized carbons (Fsp3) is 0.316. The van der Waals surface area contributed by atoms with Crippen LogP contribution in [0.2, 0.25) is 5.02 Å². The van der Waals surface area contributed by atoms with E-state index in [1.54, 1.807) is 31.3 Å². The molecule has 1 amide bonds. The molecule has 0 unspecified atom stereocenters. The third kappa shape index (κ3) is 5.30. The Hall–Kier alpha value is -2.45. The van der Waals surface area contributed by atoms with Gasteiger partial charge in [-0.15, -0.1) is 0 Å². The first-order valence-electron chi connectivity index (χ1n) is 8.39. The number of likely N-dealkylation sites (N-methyl/N-ethyl adjacent to an activating group) is 1. The predicted molar refractivity (Wildman–Crippen MR) is 104 cm³/mol. The lowest BCUT2D eigenvalue weighted by molar-refractivity contribution is -0.137. The number of hydrogen-bond acceptors (Lipinski definition) is 4. The molecule has 2 N–H and O–H groups in total. The molecule has 5 nitrogen and oxygen atoms in total. The summed E-state index contributed by atoms with van der Waals surface area (Å²) in [5.41, 5.74) is 5.48. The lowest BCUT2D eigenvalue weighted by Crippen LogP contribution is -2.40. The Morgan fingerprint density at radius 1 is 1.14 bits per heavy atom. The average Bonchev–Trinajstić information content (AvgIpc) is 2.66. The zero-order valence-electron chi connectivity index (χ0n) is 15.5. The van der Waals surface area contributed by atoms with Crippen LogP contribution in [0.1, 0.15) is 5.56 Å². The van der Waals surface area contributed by atoms with Crippen LogP contribution >= 0.6 is 11.6 Å². The maximum Gasteiger partial charge on any atom is 0.417 e.